The van der Waals surface area contributed by atoms with Crippen molar-refractivity contribution in [3.05, 3.63) is 65.7 Å². The molecule has 0 saturated carbocycles. The van der Waals surface area contributed by atoms with E-state index in [0.29, 0.717) is 5.92 Å². The van der Waals surface area contributed by atoms with Crippen LogP contribution in [0.25, 0.3) is 11.5 Å². The van der Waals surface area contributed by atoms with E-state index in [2.05, 4.69) is 27.0 Å². The highest BCUT2D eigenvalue weighted by molar-refractivity contribution is 5.91. The van der Waals surface area contributed by atoms with Crippen molar-refractivity contribution in [3.63, 3.8) is 0 Å². The SMILES string of the molecule is NC(=O)c1oc(-c2ccc(N3CCC(c4ccccc4)CC3)nc2)nc1C(F)(F)F. The number of anilines is 1. The van der Waals surface area contributed by atoms with Gasteiger partial charge in [0, 0.05) is 19.3 Å². The van der Waals surface area contributed by atoms with Crippen LogP contribution in [0.4, 0.5) is 19.0 Å². The second-order valence-corrected chi connectivity index (χ2v) is 7.14. The van der Waals surface area contributed by atoms with Crippen LogP contribution in [0.5, 0.6) is 0 Å². The maximum Gasteiger partial charge on any atom is 0.437 e. The number of nitrogens with two attached hydrogens (primary N) is 1. The molecule has 1 saturated heterocycles. The molecule has 0 aliphatic carbocycles. The van der Waals surface area contributed by atoms with E-state index in [1.54, 1.807) is 12.1 Å². The molecule has 9 heteroatoms. The Kier molecular flexibility index (Phi) is 5.19. The number of carbonyl (C=O) groups is 1. The van der Waals surface area contributed by atoms with Crippen LogP contribution < -0.4 is 10.6 Å². The van der Waals surface area contributed by atoms with Gasteiger partial charge in [0.1, 0.15) is 5.82 Å². The molecule has 1 aliphatic heterocycles. The zero-order valence-electron chi connectivity index (χ0n) is 15.9. The Morgan fingerprint density at radius 2 is 1.80 bits per heavy atom. The first kappa shape index (κ1) is 19.9. The number of carbonyl (C=O) groups excluding carboxylic acids is 1. The lowest BCUT2D eigenvalue weighted by Crippen LogP contribution is -2.33. The van der Waals surface area contributed by atoms with Crippen molar-refractivity contribution in [1.82, 2.24) is 9.97 Å². The van der Waals surface area contributed by atoms with Gasteiger partial charge in [0.25, 0.3) is 5.91 Å². The Labute approximate surface area is 170 Å². The highest BCUT2D eigenvalue weighted by atomic mass is 19.4. The van der Waals surface area contributed by atoms with Crippen LogP contribution in [-0.4, -0.2) is 29.0 Å². The van der Waals surface area contributed by atoms with Crippen LogP contribution >= 0.6 is 0 Å². The fraction of sp³-hybridized carbons (Fsp3) is 0.286. The number of alkyl halides is 3. The number of nitrogens with zero attached hydrogens (tertiary/aromatic N) is 3. The van der Waals surface area contributed by atoms with Gasteiger partial charge in [-0.1, -0.05) is 30.3 Å². The summed E-state index contributed by atoms with van der Waals surface area (Å²) in [5.41, 5.74) is 5.11. The van der Waals surface area contributed by atoms with Gasteiger partial charge in [0.15, 0.2) is 5.69 Å². The van der Waals surface area contributed by atoms with Crippen LogP contribution in [0, 0.1) is 0 Å². The van der Waals surface area contributed by atoms with Crippen molar-refractivity contribution in [3.8, 4) is 11.5 Å². The fourth-order valence-corrected chi connectivity index (χ4v) is 3.67. The first-order valence-electron chi connectivity index (χ1n) is 9.47. The average molecular weight is 416 g/mol. The van der Waals surface area contributed by atoms with E-state index < -0.39 is 23.5 Å². The van der Waals surface area contributed by atoms with Gasteiger partial charge in [0.2, 0.25) is 11.7 Å². The summed E-state index contributed by atoms with van der Waals surface area (Å²) in [7, 11) is 0. The summed E-state index contributed by atoms with van der Waals surface area (Å²) in [5.74, 6) is -1.46. The monoisotopic (exact) mass is 416 g/mol. The first-order valence-corrected chi connectivity index (χ1v) is 9.47. The number of primary amides is 1. The molecule has 0 spiro atoms. The largest absolute Gasteiger partial charge is 0.437 e. The van der Waals surface area contributed by atoms with Crippen molar-refractivity contribution >= 4 is 11.7 Å². The number of hydrogen-bond donors (Lipinski definition) is 1. The highest BCUT2D eigenvalue weighted by Crippen LogP contribution is 2.35. The first-order chi connectivity index (χ1) is 14.3. The molecule has 3 heterocycles. The Morgan fingerprint density at radius 3 is 2.33 bits per heavy atom. The number of rotatable bonds is 4. The third-order valence-corrected chi connectivity index (χ3v) is 5.20. The maximum absolute atomic E-state index is 13.0. The van der Waals surface area contributed by atoms with E-state index in [1.807, 2.05) is 18.2 Å². The Balaban J connectivity index is 1.48. The summed E-state index contributed by atoms with van der Waals surface area (Å²) in [4.78, 5) is 21.2. The van der Waals surface area contributed by atoms with Crippen LogP contribution in [0.2, 0.25) is 0 Å². The van der Waals surface area contributed by atoms with Gasteiger partial charge in [0.05, 0.1) is 5.56 Å². The zero-order chi connectivity index (χ0) is 21.3. The van der Waals surface area contributed by atoms with Gasteiger partial charge in [-0.25, -0.2) is 9.97 Å². The Hall–Kier alpha value is -3.36. The van der Waals surface area contributed by atoms with Crippen molar-refractivity contribution in [2.45, 2.75) is 24.9 Å². The highest BCUT2D eigenvalue weighted by Gasteiger charge is 2.40. The topological polar surface area (TPSA) is 85.3 Å². The van der Waals surface area contributed by atoms with Gasteiger partial charge in [-0.05, 0) is 36.5 Å². The molecule has 0 radical (unpaired) electrons. The number of piperidine rings is 1. The van der Waals surface area contributed by atoms with Crippen LogP contribution in [-0.2, 0) is 6.18 Å². The molecule has 2 N–H and O–H groups in total. The van der Waals surface area contributed by atoms with Crippen molar-refractivity contribution < 1.29 is 22.4 Å². The van der Waals surface area contributed by atoms with Gasteiger partial charge in [-0.2, -0.15) is 13.2 Å². The Bertz CT molecular complexity index is 1020. The molecule has 0 atom stereocenters. The lowest BCUT2D eigenvalue weighted by atomic mass is 9.89. The molecule has 1 aromatic carbocycles. The average Bonchev–Trinajstić information content (AvgIpc) is 3.21. The normalized spacial score (nSPS) is 15.4. The number of oxazole rings is 1. The third-order valence-electron chi connectivity index (χ3n) is 5.20. The van der Waals surface area contributed by atoms with Crippen molar-refractivity contribution in [1.29, 1.82) is 0 Å². The standard InChI is InChI=1S/C21H19F3N4O2/c22-21(23,24)18-17(19(25)29)30-20(27-18)15-6-7-16(26-12-15)28-10-8-14(9-11-28)13-4-2-1-3-5-13/h1-7,12,14H,8-11H2,(H2,25,29). The van der Waals surface area contributed by atoms with E-state index >= 15 is 0 Å². The summed E-state index contributed by atoms with van der Waals surface area (Å²) in [6.45, 7) is 1.66. The summed E-state index contributed by atoms with van der Waals surface area (Å²) in [5, 5.41) is 0. The molecule has 4 rings (SSSR count). The molecule has 30 heavy (non-hydrogen) atoms. The lowest BCUT2D eigenvalue weighted by Gasteiger charge is -2.33. The van der Waals surface area contributed by atoms with Crippen LogP contribution in [0.1, 0.15) is 40.6 Å². The fourth-order valence-electron chi connectivity index (χ4n) is 3.67. The van der Waals surface area contributed by atoms with Crippen molar-refractivity contribution in [2.75, 3.05) is 18.0 Å². The van der Waals surface area contributed by atoms with E-state index in [0.717, 1.165) is 31.7 Å². The molecule has 1 aliphatic rings. The number of hydrogen-bond acceptors (Lipinski definition) is 5. The number of pyridine rings is 1. The summed E-state index contributed by atoms with van der Waals surface area (Å²) < 4.78 is 44.1. The predicted octanol–water partition coefficient (Wildman–Crippen LogP) is 4.24. The maximum atomic E-state index is 13.0. The molecule has 3 aromatic rings. The number of halogens is 3. The smallest absolute Gasteiger partial charge is 0.430 e. The van der Waals surface area contributed by atoms with Gasteiger partial charge >= 0.3 is 6.18 Å². The van der Waals surface area contributed by atoms with E-state index in [-0.39, 0.29) is 11.5 Å². The number of aromatic nitrogens is 2. The second-order valence-electron chi connectivity index (χ2n) is 7.14. The third kappa shape index (κ3) is 4.00. The molecule has 0 bridgehead atoms. The summed E-state index contributed by atoms with van der Waals surface area (Å²) in [6, 6.07) is 13.6. The van der Waals surface area contributed by atoms with Crippen LogP contribution in [0.3, 0.4) is 0 Å². The minimum Gasteiger partial charge on any atom is -0.430 e. The molecule has 0 unspecified atom stereocenters. The zero-order valence-corrected chi connectivity index (χ0v) is 15.9. The van der Waals surface area contributed by atoms with Gasteiger partial charge in [-0.15, -0.1) is 0 Å². The molecular formula is C21H19F3N4O2. The van der Waals surface area contributed by atoms with Gasteiger partial charge < -0.3 is 15.1 Å². The second kappa shape index (κ2) is 7.81. The molecular weight excluding hydrogens is 397 g/mol. The van der Waals surface area contributed by atoms with Crippen molar-refractivity contribution in [2.24, 2.45) is 5.73 Å². The molecule has 6 nitrogen and oxygen atoms in total. The summed E-state index contributed by atoms with van der Waals surface area (Å²) >= 11 is 0. The summed E-state index contributed by atoms with van der Waals surface area (Å²) in [6.07, 6.45) is -1.48. The van der Waals surface area contributed by atoms with E-state index in [1.165, 1.54) is 11.8 Å². The number of benzene rings is 1. The molecule has 1 amide bonds. The number of amides is 1. The Morgan fingerprint density at radius 1 is 1.10 bits per heavy atom. The minimum atomic E-state index is -4.84. The van der Waals surface area contributed by atoms with E-state index in [4.69, 9.17) is 10.2 Å². The molecule has 1 fully saturated rings. The van der Waals surface area contributed by atoms with Crippen LogP contribution in [0.15, 0.2) is 53.1 Å². The van der Waals surface area contributed by atoms with Gasteiger partial charge in [-0.3, -0.25) is 4.79 Å². The predicted molar refractivity (Wildman–Crippen MR) is 104 cm³/mol. The lowest BCUT2D eigenvalue weighted by molar-refractivity contribution is -0.141. The molecule has 2 aromatic heterocycles. The molecule has 156 valence electrons. The quantitative estimate of drug-likeness (QED) is 0.688. The minimum absolute atomic E-state index is 0.232. The van der Waals surface area contributed by atoms with E-state index in [9.17, 15) is 18.0 Å².